The quantitative estimate of drug-likeness (QED) is 0.158. The molecule has 1 saturated heterocycles. The number of fused-ring (bicyclic) bond motifs is 1. The highest BCUT2D eigenvalue weighted by Crippen LogP contribution is 2.48. The molecule has 4 N–H and O–H groups in total. The van der Waals surface area contributed by atoms with Gasteiger partial charge in [0.25, 0.3) is 0 Å². The number of methoxy groups -OCH3 is 1. The first kappa shape index (κ1) is 30.3. The van der Waals surface area contributed by atoms with E-state index in [4.69, 9.17) is 29.0 Å². The Labute approximate surface area is 236 Å². The fourth-order valence-corrected chi connectivity index (χ4v) is 5.78. The molecule has 41 heavy (non-hydrogen) atoms. The van der Waals surface area contributed by atoms with E-state index in [-0.39, 0.29) is 29.3 Å². The molecule has 4 rings (SSSR count). The van der Waals surface area contributed by atoms with E-state index in [1.54, 1.807) is 51.1 Å². The molecule has 2 aromatic heterocycles. The van der Waals surface area contributed by atoms with Gasteiger partial charge in [-0.25, -0.2) is 9.55 Å². The molecule has 1 aliphatic heterocycles. The second-order valence-electron chi connectivity index (χ2n) is 9.80. The Hall–Kier alpha value is -3.62. The average Bonchev–Trinajstić information content (AvgIpc) is 3.45. The Morgan fingerprint density at radius 1 is 1.32 bits per heavy atom. The van der Waals surface area contributed by atoms with Crippen molar-refractivity contribution in [2.45, 2.75) is 63.8 Å². The average molecular weight is 592 g/mol. The van der Waals surface area contributed by atoms with E-state index >= 15 is 0 Å². The summed E-state index contributed by atoms with van der Waals surface area (Å²) in [4.78, 5) is 29.2. The number of hydrogen-bond acceptors (Lipinski definition) is 13. The van der Waals surface area contributed by atoms with Crippen molar-refractivity contribution in [1.29, 1.82) is 0 Å². The highest BCUT2D eigenvalue weighted by molar-refractivity contribution is 7.52. The standard InChI is InChI=1S/C25H34N7O8P/c1-14(2)38-22(34)15(3)31-41(35,40-16-10-8-7-9-11-16)37-12-17-19(33)25(4,27-5)23(39-17)32-13-28-18-20(32)29-24(26)30-21(18)36-6/h7-11,13-15,17,19,23,33H,5,12H2,1-4,6H3,(H,31,35)(H2,26,29,30)/t15-,17+,19+,23+,25+,41?/m0/s1. The summed E-state index contributed by atoms with van der Waals surface area (Å²) in [5.41, 5.74) is 5.13. The van der Waals surface area contributed by atoms with E-state index in [1.807, 2.05) is 0 Å². The second kappa shape index (κ2) is 12.1. The molecule has 0 aliphatic carbocycles. The maximum Gasteiger partial charge on any atom is 0.459 e. The van der Waals surface area contributed by atoms with Crippen LogP contribution in [0.5, 0.6) is 11.6 Å². The molecule has 0 amide bonds. The maximum absolute atomic E-state index is 13.9. The van der Waals surface area contributed by atoms with Gasteiger partial charge in [-0.05, 0) is 46.5 Å². The molecule has 3 heterocycles. The van der Waals surface area contributed by atoms with E-state index < -0.39 is 50.3 Å². The SMILES string of the molecule is C=N[C@]1(C)[C@H](O)[C@@H](COP(=O)(N[C@@H](C)C(=O)OC(C)C)Oc2ccccc2)O[C@H]1n1cnc2c(OC)nc(N)nc21. The first-order chi connectivity index (χ1) is 19.4. The van der Waals surface area contributed by atoms with Gasteiger partial charge in [-0.2, -0.15) is 15.1 Å². The summed E-state index contributed by atoms with van der Waals surface area (Å²) in [6, 6.07) is 7.24. The highest BCUT2D eigenvalue weighted by atomic mass is 31.2. The minimum Gasteiger partial charge on any atom is -0.479 e. The molecule has 16 heteroatoms. The van der Waals surface area contributed by atoms with Crippen molar-refractivity contribution >= 4 is 37.5 Å². The zero-order valence-corrected chi connectivity index (χ0v) is 24.2. The van der Waals surface area contributed by atoms with Gasteiger partial charge in [-0.15, -0.1) is 0 Å². The van der Waals surface area contributed by atoms with Gasteiger partial charge in [-0.3, -0.25) is 18.9 Å². The summed E-state index contributed by atoms with van der Waals surface area (Å²) >= 11 is 0. The smallest absolute Gasteiger partial charge is 0.459 e. The number of anilines is 1. The van der Waals surface area contributed by atoms with Gasteiger partial charge in [0.05, 0.1) is 26.1 Å². The first-order valence-electron chi connectivity index (χ1n) is 12.7. The molecular weight excluding hydrogens is 557 g/mol. The van der Waals surface area contributed by atoms with Gasteiger partial charge >= 0.3 is 13.7 Å². The zero-order chi connectivity index (χ0) is 29.9. The van der Waals surface area contributed by atoms with E-state index in [9.17, 15) is 14.5 Å². The topological polar surface area (TPSA) is 195 Å². The molecule has 0 saturated carbocycles. The summed E-state index contributed by atoms with van der Waals surface area (Å²) in [5, 5.41) is 13.9. The normalized spacial score (nSPS) is 24.6. The Bertz CT molecular complexity index is 1440. The van der Waals surface area contributed by atoms with Crippen LogP contribution >= 0.6 is 7.75 Å². The molecular formula is C25H34N7O8P. The lowest BCUT2D eigenvalue weighted by Crippen LogP contribution is -2.43. The molecule has 0 spiro atoms. The van der Waals surface area contributed by atoms with Crippen molar-refractivity contribution in [3.8, 4) is 11.6 Å². The van der Waals surface area contributed by atoms with Crippen LogP contribution < -0.4 is 20.1 Å². The molecule has 222 valence electrons. The number of para-hydroxylation sites is 1. The number of ether oxygens (including phenoxy) is 3. The third-order valence-electron chi connectivity index (χ3n) is 6.38. The van der Waals surface area contributed by atoms with Crippen LogP contribution in [0, 0.1) is 0 Å². The first-order valence-corrected chi connectivity index (χ1v) is 14.3. The van der Waals surface area contributed by atoms with Crippen molar-refractivity contribution in [3.05, 3.63) is 36.7 Å². The summed E-state index contributed by atoms with van der Waals surface area (Å²) in [5.74, 6) is -0.317. The number of nitrogens with zero attached hydrogens (tertiary/aromatic N) is 5. The van der Waals surface area contributed by atoms with Crippen LogP contribution in [0.2, 0.25) is 0 Å². The van der Waals surface area contributed by atoms with Gasteiger partial charge < -0.3 is 29.6 Å². The van der Waals surface area contributed by atoms with Crippen molar-refractivity contribution in [1.82, 2.24) is 24.6 Å². The lowest BCUT2D eigenvalue weighted by atomic mass is 9.93. The number of imidazole rings is 1. The van der Waals surface area contributed by atoms with Gasteiger partial charge in [0, 0.05) is 0 Å². The minimum atomic E-state index is -4.22. The van der Waals surface area contributed by atoms with Gasteiger partial charge in [0.15, 0.2) is 17.4 Å². The lowest BCUT2D eigenvalue weighted by Gasteiger charge is -2.28. The predicted molar refractivity (Wildman–Crippen MR) is 149 cm³/mol. The Kier molecular flexibility index (Phi) is 8.94. The Balaban J connectivity index is 1.59. The second-order valence-corrected chi connectivity index (χ2v) is 11.5. The predicted octanol–water partition coefficient (Wildman–Crippen LogP) is 2.27. The van der Waals surface area contributed by atoms with Crippen LogP contribution in [0.4, 0.5) is 5.95 Å². The third-order valence-corrected chi connectivity index (χ3v) is 8.03. The maximum atomic E-state index is 13.9. The number of rotatable bonds is 12. The van der Waals surface area contributed by atoms with Crippen molar-refractivity contribution in [2.24, 2.45) is 4.99 Å². The molecule has 15 nitrogen and oxygen atoms in total. The van der Waals surface area contributed by atoms with E-state index in [1.165, 1.54) is 24.9 Å². The van der Waals surface area contributed by atoms with Crippen LogP contribution in [0.15, 0.2) is 41.7 Å². The molecule has 1 aromatic carbocycles. The zero-order valence-electron chi connectivity index (χ0n) is 23.3. The van der Waals surface area contributed by atoms with Gasteiger partial charge in [0.2, 0.25) is 11.8 Å². The van der Waals surface area contributed by atoms with Crippen LogP contribution in [0.3, 0.4) is 0 Å². The van der Waals surface area contributed by atoms with Gasteiger partial charge in [-0.1, -0.05) is 18.2 Å². The number of carbonyl (C=O) groups is 1. The van der Waals surface area contributed by atoms with Crippen molar-refractivity contribution < 1.29 is 37.7 Å². The number of benzene rings is 1. The molecule has 0 bridgehead atoms. The summed E-state index contributed by atoms with van der Waals surface area (Å²) in [7, 11) is -2.80. The Morgan fingerprint density at radius 2 is 2.02 bits per heavy atom. The summed E-state index contributed by atoms with van der Waals surface area (Å²) in [6.07, 6.45) is -2.28. The van der Waals surface area contributed by atoms with E-state index in [0.29, 0.717) is 5.52 Å². The van der Waals surface area contributed by atoms with Crippen LogP contribution in [0.1, 0.15) is 33.9 Å². The van der Waals surface area contributed by atoms with Crippen LogP contribution in [0.25, 0.3) is 11.2 Å². The monoisotopic (exact) mass is 591 g/mol. The lowest BCUT2D eigenvalue weighted by molar-refractivity contribution is -0.149. The molecule has 6 atom stereocenters. The largest absolute Gasteiger partial charge is 0.479 e. The number of aromatic nitrogens is 4. The van der Waals surface area contributed by atoms with Crippen molar-refractivity contribution in [2.75, 3.05) is 19.5 Å². The number of carbonyl (C=O) groups excluding carboxylic acids is 1. The number of aliphatic hydroxyl groups is 1. The van der Waals surface area contributed by atoms with Crippen LogP contribution in [-0.4, -0.2) is 80.9 Å². The number of nitrogen functional groups attached to an aromatic ring is 1. The molecule has 3 aromatic rings. The number of nitrogens with two attached hydrogens (primary N) is 1. The van der Waals surface area contributed by atoms with E-state index in [2.05, 4.69) is 31.7 Å². The summed E-state index contributed by atoms with van der Waals surface area (Å²) < 4.78 is 43.5. The van der Waals surface area contributed by atoms with Gasteiger partial charge in [0.1, 0.15) is 29.5 Å². The number of nitrogens with one attached hydrogen (secondary N) is 1. The highest BCUT2D eigenvalue weighted by Gasteiger charge is 2.55. The number of aliphatic hydroxyl groups excluding tert-OH is 1. The van der Waals surface area contributed by atoms with Crippen LogP contribution in [-0.2, 0) is 23.4 Å². The minimum absolute atomic E-state index is 0.0574. The fraction of sp³-hybridized carbons (Fsp3) is 0.480. The Morgan fingerprint density at radius 3 is 2.66 bits per heavy atom. The number of aliphatic imine (C=N–C) groups is 1. The molecule has 1 fully saturated rings. The molecule has 1 aliphatic rings. The van der Waals surface area contributed by atoms with Crippen molar-refractivity contribution in [3.63, 3.8) is 0 Å². The number of esters is 1. The number of hydrogen-bond donors (Lipinski definition) is 3. The third kappa shape index (κ3) is 6.34. The fourth-order valence-electron chi connectivity index (χ4n) is 4.28. The molecule has 1 unspecified atom stereocenters. The molecule has 0 radical (unpaired) electrons. The van der Waals surface area contributed by atoms with E-state index in [0.717, 1.165) is 0 Å². The summed E-state index contributed by atoms with van der Waals surface area (Å²) in [6.45, 7) is 9.72.